The van der Waals surface area contributed by atoms with Gasteiger partial charge in [0, 0.05) is 25.7 Å². The molecule has 564 valence electrons. The molecule has 0 saturated carbocycles. The number of hydrogen-bond acceptors (Lipinski definition) is 15. The first-order valence-electron chi connectivity index (χ1n) is 39.2. The SMILES string of the molecule is CCCCCC/C=C\CCCCCCCCCC(=O)O[C@H](COC(=O)CCCCCCCCCCCCCCC)COP(=O)(O)OCC(O)COP(=O)(O)OC[C@@H](COC(=O)CCCCCCC/C=C\CCCCCCCC)OC(=O)CCCCCCC/C=C\CCCCCC. The van der Waals surface area contributed by atoms with Crippen LogP contribution in [0.15, 0.2) is 36.5 Å². The van der Waals surface area contributed by atoms with Crippen molar-refractivity contribution >= 4 is 39.5 Å². The number of esters is 4. The summed E-state index contributed by atoms with van der Waals surface area (Å²) in [7, 11) is -9.93. The van der Waals surface area contributed by atoms with Crippen molar-refractivity contribution in [3.05, 3.63) is 36.5 Å². The van der Waals surface area contributed by atoms with Crippen molar-refractivity contribution in [3.8, 4) is 0 Å². The number of allylic oxidation sites excluding steroid dienone is 6. The average Bonchev–Trinajstić information content (AvgIpc) is 1.29. The van der Waals surface area contributed by atoms with Gasteiger partial charge in [-0.15, -0.1) is 0 Å². The summed E-state index contributed by atoms with van der Waals surface area (Å²) in [5, 5.41) is 10.6. The molecule has 0 aromatic heterocycles. The van der Waals surface area contributed by atoms with Crippen molar-refractivity contribution in [2.45, 2.75) is 393 Å². The fraction of sp³-hybridized carbons (Fsp3) is 0.870. The maximum atomic E-state index is 13.1. The summed E-state index contributed by atoms with van der Waals surface area (Å²) in [5.74, 6) is -2.16. The molecule has 0 fully saturated rings. The lowest BCUT2D eigenvalue weighted by Gasteiger charge is -2.21. The Balaban J connectivity index is 5.31. The van der Waals surface area contributed by atoms with E-state index >= 15 is 0 Å². The summed E-state index contributed by atoms with van der Waals surface area (Å²) in [6, 6.07) is 0. The van der Waals surface area contributed by atoms with E-state index in [1.165, 1.54) is 148 Å². The topological polar surface area (TPSA) is 237 Å². The third kappa shape index (κ3) is 69.7. The van der Waals surface area contributed by atoms with E-state index in [1.807, 2.05) is 0 Å². The van der Waals surface area contributed by atoms with Gasteiger partial charge in [-0.05, 0) is 103 Å². The van der Waals surface area contributed by atoms with Crippen molar-refractivity contribution in [1.29, 1.82) is 0 Å². The van der Waals surface area contributed by atoms with E-state index in [4.69, 9.17) is 37.0 Å². The van der Waals surface area contributed by atoms with Gasteiger partial charge in [0.05, 0.1) is 26.4 Å². The minimum Gasteiger partial charge on any atom is -0.462 e. The molecule has 0 heterocycles. The predicted octanol–water partition coefficient (Wildman–Crippen LogP) is 22.3. The first-order valence-corrected chi connectivity index (χ1v) is 42.2. The third-order valence-corrected chi connectivity index (χ3v) is 19.0. The zero-order chi connectivity index (χ0) is 70.4. The molecule has 0 aliphatic carbocycles. The van der Waals surface area contributed by atoms with E-state index in [1.54, 1.807) is 0 Å². The van der Waals surface area contributed by atoms with Gasteiger partial charge in [-0.25, -0.2) is 9.13 Å². The highest BCUT2D eigenvalue weighted by molar-refractivity contribution is 7.47. The van der Waals surface area contributed by atoms with Crippen LogP contribution in [-0.2, 0) is 65.4 Å². The fourth-order valence-electron chi connectivity index (χ4n) is 11.0. The molecule has 3 N–H and O–H groups in total. The number of rotatable bonds is 75. The number of aliphatic hydroxyl groups excluding tert-OH is 1. The van der Waals surface area contributed by atoms with Gasteiger partial charge in [0.2, 0.25) is 0 Å². The number of ether oxygens (including phenoxy) is 4. The minimum atomic E-state index is -4.97. The Kier molecular flexibility index (Phi) is 68.7. The second kappa shape index (κ2) is 70.7. The maximum absolute atomic E-state index is 13.1. The van der Waals surface area contributed by atoms with Crippen LogP contribution < -0.4 is 0 Å². The number of carbonyl (C=O) groups excluding carboxylic acids is 4. The van der Waals surface area contributed by atoms with Crippen LogP contribution in [0.5, 0.6) is 0 Å². The number of phosphoric ester groups is 2. The largest absolute Gasteiger partial charge is 0.472 e. The lowest BCUT2D eigenvalue weighted by Crippen LogP contribution is -2.30. The van der Waals surface area contributed by atoms with Crippen LogP contribution >= 0.6 is 15.6 Å². The van der Waals surface area contributed by atoms with Gasteiger partial charge in [0.1, 0.15) is 19.3 Å². The van der Waals surface area contributed by atoms with Gasteiger partial charge >= 0.3 is 39.5 Å². The maximum Gasteiger partial charge on any atom is 0.472 e. The van der Waals surface area contributed by atoms with E-state index in [0.717, 1.165) is 148 Å². The summed E-state index contributed by atoms with van der Waals surface area (Å²) in [5.41, 5.74) is 0. The molecule has 17 nitrogen and oxygen atoms in total. The summed E-state index contributed by atoms with van der Waals surface area (Å²) in [6.45, 7) is 4.90. The molecule has 0 saturated heterocycles. The molecule has 0 radical (unpaired) electrons. The molecule has 0 aromatic carbocycles. The molecule has 0 aromatic rings. The third-order valence-electron chi connectivity index (χ3n) is 17.1. The van der Waals surface area contributed by atoms with Crippen LogP contribution in [0.1, 0.15) is 374 Å². The zero-order valence-electron chi connectivity index (χ0n) is 61.6. The van der Waals surface area contributed by atoms with Crippen LogP contribution in [0.3, 0.4) is 0 Å². The minimum absolute atomic E-state index is 0.0894. The molecule has 19 heteroatoms. The Morgan fingerprint density at radius 3 is 0.729 bits per heavy atom. The Morgan fingerprint density at radius 1 is 0.281 bits per heavy atom. The first-order chi connectivity index (χ1) is 46.7. The van der Waals surface area contributed by atoms with E-state index in [0.29, 0.717) is 25.7 Å². The van der Waals surface area contributed by atoms with Gasteiger partial charge in [0.25, 0.3) is 0 Å². The summed E-state index contributed by atoms with van der Waals surface area (Å²) < 4.78 is 68.5. The smallest absolute Gasteiger partial charge is 0.462 e. The van der Waals surface area contributed by atoms with Crippen LogP contribution in [0, 0.1) is 0 Å². The van der Waals surface area contributed by atoms with Gasteiger partial charge in [-0.1, -0.05) is 282 Å². The molecule has 5 atom stereocenters. The zero-order valence-corrected chi connectivity index (χ0v) is 63.4. The van der Waals surface area contributed by atoms with Gasteiger partial charge < -0.3 is 33.8 Å². The number of carbonyl (C=O) groups is 4. The number of aliphatic hydroxyl groups is 1. The summed E-state index contributed by atoms with van der Waals surface area (Å²) >= 11 is 0. The number of hydrogen-bond donors (Lipinski definition) is 3. The normalized spacial score (nSPS) is 14.1. The molecular formula is C77H144O17P2. The molecular weight excluding hydrogens is 1260 g/mol. The standard InChI is InChI=1S/C77H144O17P2/c1-5-9-13-17-21-25-29-33-35-39-42-46-50-54-58-62-75(80)88-68-72(93-76(81)63-59-55-51-47-43-38-32-28-24-20-16-12-8-4)69-91-95(83,84)89-65-71(78)66-90-96(85,86)92-70-73(67-87-74(79)61-57-53-49-45-41-37-31-27-23-19-15-11-7-3)94-77(82)64-60-56-52-48-44-40-36-34-30-26-22-18-14-10-6-2/h26,28,30,32-33,35,71-73,78H,5-25,27,29,31,34,36-70H2,1-4H3,(H,83,84)(H,85,86)/b30-26-,32-28-,35-33-/t71?,72-,73-/m1/s1. The lowest BCUT2D eigenvalue weighted by atomic mass is 10.0. The monoisotopic (exact) mass is 1400 g/mol. The molecule has 0 aliphatic heterocycles. The Labute approximate surface area is 585 Å². The molecule has 3 unspecified atom stereocenters. The molecule has 0 amide bonds. The summed E-state index contributed by atoms with van der Waals surface area (Å²) in [4.78, 5) is 72.8. The Bertz CT molecular complexity index is 1970. The van der Waals surface area contributed by atoms with Crippen molar-refractivity contribution in [2.75, 3.05) is 39.6 Å². The molecule has 0 bridgehead atoms. The fourth-order valence-corrected chi connectivity index (χ4v) is 12.6. The lowest BCUT2D eigenvalue weighted by molar-refractivity contribution is -0.161. The van der Waals surface area contributed by atoms with Crippen molar-refractivity contribution in [3.63, 3.8) is 0 Å². The van der Waals surface area contributed by atoms with Crippen molar-refractivity contribution in [1.82, 2.24) is 0 Å². The second-order valence-corrected chi connectivity index (χ2v) is 29.6. The quantitative estimate of drug-likeness (QED) is 0.0169. The van der Waals surface area contributed by atoms with Crippen LogP contribution in [-0.4, -0.2) is 96.7 Å². The Hall–Kier alpha value is -2.72. The predicted molar refractivity (Wildman–Crippen MR) is 391 cm³/mol. The van der Waals surface area contributed by atoms with E-state index in [9.17, 15) is 43.2 Å². The van der Waals surface area contributed by atoms with E-state index < -0.39 is 97.5 Å². The molecule has 0 rings (SSSR count). The molecule has 0 spiro atoms. The number of unbranched alkanes of at least 4 members (excludes halogenated alkanes) is 43. The highest BCUT2D eigenvalue weighted by Gasteiger charge is 2.30. The number of phosphoric acid groups is 2. The van der Waals surface area contributed by atoms with Gasteiger partial charge in [-0.2, -0.15) is 0 Å². The van der Waals surface area contributed by atoms with E-state index in [-0.39, 0.29) is 25.7 Å². The van der Waals surface area contributed by atoms with Crippen LogP contribution in [0.4, 0.5) is 0 Å². The van der Waals surface area contributed by atoms with Gasteiger partial charge in [0.15, 0.2) is 12.2 Å². The van der Waals surface area contributed by atoms with E-state index in [2.05, 4.69) is 64.2 Å². The molecule has 96 heavy (non-hydrogen) atoms. The van der Waals surface area contributed by atoms with Gasteiger partial charge in [-0.3, -0.25) is 37.3 Å². The van der Waals surface area contributed by atoms with Crippen LogP contribution in [0.25, 0.3) is 0 Å². The molecule has 0 aliphatic rings. The second-order valence-electron chi connectivity index (χ2n) is 26.7. The summed E-state index contributed by atoms with van der Waals surface area (Å²) in [6.07, 6.45) is 65.5. The van der Waals surface area contributed by atoms with Crippen molar-refractivity contribution in [2.24, 2.45) is 0 Å². The highest BCUT2D eigenvalue weighted by Crippen LogP contribution is 2.45. The van der Waals surface area contributed by atoms with Crippen molar-refractivity contribution < 1.29 is 80.2 Å². The first kappa shape index (κ1) is 93.3. The Morgan fingerprint density at radius 2 is 0.479 bits per heavy atom. The average molecular weight is 1400 g/mol. The highest BCUT2D eigenvalue weighted by atomic mass is 31.2. The van der Waals surface area contributed by atoms with Crippen LogP contribution in [0.2, 0.25) is 0 Å².